The lowest BCUT2D eigenvalue weighted by Crippen LogP contribution is -2.51. The number of nitrogens with zero attached hydrogens (tertiary/aromatic N) is 1. The van der Waals surface area contributed by atoms with Gasteiger partial charge < -0.3 is 15.4 Å². The van der Waals surface area contributed by atoms with Gasteiger partial charge in [-0.2, -0.15) is 0 Å². The van der Waals surface area contributed by atoms with Gasteiger partial charge >= 0.3 is 6.03 Å². The summed E-state index contributed by atoms with van der Waals surface area (Å²) in [6.07, 6.45) is 2.64. The van der Waals surface area contributed by atoms with E-state index in [0.29, 0.717) is 13.2 Å². The van der Waals surface area contributed by atoms with Crippen LogP contribution in [0.1, 0.15) is 26.0 Å². The summed E-state index contributed by atoms with van der Waals surface area (Å²) in [4.78, 5) is 16.5. The minimum absolute atomic E-state index is 0.0569. The largest absolute Gasteiger partial charge is 0.381 e. The van der Waals surface area contributed by atoms with Crippen molar-refractivity contribution in [3.8, 4) is 11.1 Å². The standard InChI is InChI=1S/C20H25N3O2/c1-14-12-16(8-10-21-14)15-4-6-17(7-5-15)22-19(24)23-18-9-11-25-13-20(18,2)3/h4-8,10,12,18H,9,11,13H2,1-3H3,(H2,22,23,24)/t18-/m1/s1. The number of anilines is 1. The highest BCUT2D eigenvalue weighted by Gasteiger charge is 2.34. The van der Waals surface area contributed by atoms with Crippen molar-refractivity contribution < 1.29 is 9.53 Å². The third kappa shape index (κ3) is 4.37. The van der Waals surface area contributed by atoms with E-state index in [-0.39, 0.29) is 17.5 Å². The Labute approximate surface area is 148 Å². The zero-order valence-electron chi connectivity index (χ0n) is 15.0. The first-order valence-corrected chi connectivity index (χ1v) is 8.62. The van der Waals surface area contributed by atoms with Crippen molar-refractivity contribution in [3.63, 3.8) is 0 Å². The molecule has 1 aliphatic rings. The summed E-state index contributed by atoms with van der Waals surface area (Å²) >= 11 is 0. The van der Waals surface area contributed by atoms with Gasteiger partial charge in [0.1, 0.15) is 0 Å². The van der Waals surface area contributed by atoms with Crippen LogP contribution in [0.4, 0.5) is 10.5 Å². The molecule has 1 atom stereocenters. The molecule has 3 rings (SSSR count). The quantitative estimate of drug-likeness (QED) is 0.888. The average Bonchev–Trinajstić information content (AvgIpc) is 2.57. The molecular weight excluding hydrogens is 314 g/mol. The number of urea groups is 1. The number of nitrogens with one attached hydrogen (secondary N) is 2. The summed E-state index contributed by atoms with van der Waals surface area (Å²) in [5.74, 6) is 0. The molecule has 2 aromatic rings. The van der Waals surface area contributed by atoms with E-state index in [1.165, 1.54) is 0 Å². The summed E-state index contributed by atoms with van der Waals surface area (Å²) in [5, 5.41) is 5.99. The van der Waals surface area contributed by atoms with Crippen LogP contribution >= 0.6 is 0 Å². The van der Waals surface area contributed by atoms with Gasteiger partial charge in [-0.25, -0.2) is 4.79 Å². The fraction of sp³-hybridized carbons (Fsp3) is 0.400. The number of rotatable bonds is 3. The van der Waals surface area contributed by atoms with Gasteiger partial charge in [-0.15, -0.1) is 0 Å². The average molecular weight is 339 g/mol. The lowest BCUT2D eigenvalue weighted by molar-refractivity contribution is -0.00919. The molecule has 132 valence electrons. The van der Waals surface area contributed by atoms with E-state index in [4.69, 9.17) is 4.74 Å². The summed E-state index contributed by atoms with van der Waals surface area (Å²) in [6, 6.07) is 11.8. The molecule has 0 spiro atoms. The van der Waals surface area contributed by atoms with E-state index in [9.17, 15) is 4.79 Å². The Morgan fingerprint density at radius 3 is 2.64 bits per heavy atom. The third-order valence-corrected chi connectivity index (χ3v) is 4.65. The molecule has 2 heterocycles. The first kappa shape index (κ1) is 17.4. The van der Waals surface area contributed by atoms with E-state index in [2.05, 4.69) is 29.5 Å². The second-order valence-electron chi connectivity index (χ2n) is 7.24. The fourth-order valence-electron chi connectivity index (χ4n) is 3.09. The van der Waals surface area contributed by atoms with Crippen LogP contribution in [0.3, 0.4) is 0 Å². The molecule has 0 radical (unpaired) electrons. The highest BCUT2D eigenvalue weighted by Crippen LogP contribution is 2.27. The topological polar surface area (TPSA) is 63.2 Å². The van der Waals surface area contributed by atoms with Gasteiger partial charge in [0.2, 0.25) is 0 Å². The van der Waals surface area contributed by atoms with Crippen molar-refractivity contribution in [1.29, 1.82) is 0 Å². The SMILES string of the molecule is Cc1cc(-c2ccc(NC(=O)N[C@@H]3CCOCC3(C)C)cc2)ccn1. The number of carbonyl (C=O) groups excluding carboxylic acids is 1. The number of aromatic nitrogens is 1. The second-order valence-corrected chi connectivity index (χ2v) is 7.24. The maximum Gasteiger partial charge on any atom is 0.319 e. The van der Waals surface area contributed by atoms with Crippen molar-refractivity contribution in [1.82, 2.24) is 10.3 Å². The smallest absolute Gasteiger partial charge is 0.319 e. The van der Waals surface area contributed by atoms with Gasteiger partial charge in [-0.3, -0.25) is 4.98 Å². The fourth-order valence-corrected chi connectivity index (χ4v) is 3.09. The Bertz CT molecular complexity index is 741. The maximum atomic E-state index is 12.3. The molecule has 0 unspecified atom stereocenters. The molecule has 5 nitrogen and oxygen atoms in total. The number of amides is 2. The van der Waals surface area contributed by atoms with E-state index >= 15 is 0 Å². The lowest BCUT2D eigenvalue weighted by Gasteiger charge is -2.38. The van der Waals surface area contributed by atoms with E-state index in [0.717, 1.165) is 28.9 Å². The van der Waals surface area contributed by atoms with Crippen molar-refractivity contribution in [2.45, 2.75) is 33.2 Å². The number of carbonyl (C=O) groups is 1. The van der Waals surface area contributed by atoms with Crippen LogP contribution in [0.5, 0.6) is 0 Å². The minimum Gasteiger partial charge on any atom is -0.381 e. The Balaban J connectivity index is 1.62. The van der Waals surface area contributed by atoms with Gasteiger partial charge in [-0.05, 0) is 48.7 Å². The number of hydrogen-bond acceptors (Lipinski definition) is 3. The van der Waals surface area contributed by atoms with E-state index in [1.807, 2.05) is 43.3 Å². The summed E-state index contributed by atoms with van der Waals surface area (Å²) in [6.45, 7) is 7.55. The normalized spacial score (nSPS) is 19.2. The van der Waals surface area contributed by atoms with Crippen LogP contribution in [-0.2, 0) is 4.74 Å². The number of ether oxygens (including phenoxy) is 1. The molecule has 5 heteroatoms. The van der Waals surface area contributed by atoms with Crippen molar-refractivity contribution in [3.05, 3.63) is 48.3 Å². The van der Waals surface area contributed by atoms with Crippen molar-refractivity contribution in [2.75, 3.05) is 18.5 Å². The maximum absolute atomic E-state index is 12.3. The van der Waals surface area contributed by atoms with E-state index in [1.54, 1.807) is 6.20 Å². The summed E-state index contributed by atoms with van der Waals surface area (Å²) in [5.41, 5.74) is 3.92. The molecule has 1 aromatic carbocycles. The minimum atomic E-state index is -0.174. The molecule has 25 heavy (non-hydrogen) atoms. The van der Waals surface area contributed by atoms with Crippen LogP contribution in [-0.4, -0.2) is 30.3 Å². The van der Waals surface area contributed by atoms with Crippen LogP contribution < -0.4 is 10.6 Å². The summed E-state index contributed by atoms with van der Waals surface area (Å²) in [7, 11) is 0. The number of pyridine rings is 1. The van der Waals surface area contributed by atoms with Crippen molar-refractivity contribution in [2.24, 2.45) is 5.41 Å². The Hall–Kier alpha value is -2.40. The monoisotopic (exact) mass is 339 g/mol. The molecule has 1 aromatic heterocycles. The van der Waals surface area contributed by atoms with Gasteiger partial charge in [-0.1, -0.05) is 26.0 Å². The highest BCUT2D eigenvalue weighted by molar-refractivity contribution is 5.89. The van der Waals surface area contributed by atoms with Crippen LogP contribution in [0.25, 0.3) is 11.1 Å². The van der Waals surface area contributed by atoms with E-state index < -0.39 is 0 Å². The molecule has 1 saturated heterocycles. The zero-order valence-corrected chi connectivity index (χ0v) is 15.0. The molecule has 2 N–H and O–H groups in total. The first-order valence-electron chi connectivity index (χ1n) is 8.62. The Morgan fingerprint density at radius 1 is 1.20 bits per heavy atom. The third-order valence-electron chi connectivity index (χ3n) is 4.65. The second kappa shape index (κ2) is 7.23. The van der Waals surface area contributed by atoms with Gasteiger partial charge in [0.25, 0.3) is 0 Å². The number of benzene rings is 1. The van der Waals surface area contributed by atoms with Crippen LogP contribution in [0, 0.1) is 12.3 Å². The number of aryl methyl sites for hydroxylation is 1. The highest BCUT2D eigenvalue weighted by atomic mass is 16.5. The Kier molecular flexibility index (Phi) is 5.04. The molecule has 2 amide bonds. The predicted octanol–water partition coefficient (Wildman–Crippen LogP) is 3.99. The Morgan fingerprint density at radius 2 is 1.96 bits per heavy atom. The number of hydrogen-bond donors (Lipinski definition) is 2. The predicted molar refractivity (Wildman–Crippen MR) is 99.6 cm³/mol. The molecule has 0 saturated carbocycles. The van der Waals surface area contributed by atoms with Gasteiger partial charge in [0.15, 0.2) is 0 Å². The van der Waals surface area contributed by atoms with Crippen LogP contribution in [0.15, 0.2) is 42.6 Å². The molecule has 0 bridgehead atoms. The summed E-state index contributed by atoms with van der Waals surface area (Å²) < 4.78 is 5.50. The van der Waals surface area contributed by atoms with Gasteiger partial charge in [0.05, 0.1) is 6.61 Å². The first-order chi connectivity index (χ1) is 11.9. The molecular formula is C20H25N3O2. The molecule has 1 fully saturated rings. The zero-order chi connectivity index (χ0) is 17.9. The lowest BCUT2D eigenvalue weighted by atomic mass is 9.82. The van der Waals surface area contributed by atoms with Crippen molar-refractivity contribution >= 4 is 11.7 Å². The molecule has 1 aliphatic heterocycles. The van der Waals surface area contributed by atoms with Crippen LogP contribution in [0.2, 0.25) is 0 Å². The molecule has 0 aliphatic carbocycles. The van der Waals surface area contributed by atoms with Gasteiger partial charge in [0, 0.05) is 35.6 Å².